The van der Waals surface area contributed by atoms with Gasteiger partial charge in [0.2, 0.25) is 0 Å². The van der Waals surface area contributed by atoms with E-state index in [1.165, 1.54) is 6.92 Å². The Hall–Kier alpha value is -1.12. The zero-order valence-corrected chi connectivity index (χ0v) is 13.0. The lowest BCUT2D eigenvalue weighted by Gasteiger charge is -2.69. The highest BCUT2D eigenvalue weighted by Crippen LogP contribution is 2.71. The van der Waals surface area contributed by atoms with Gasteiger partial charge in [0, 0.05) is 18.3 Å². The lowest BCUT2D eigenvalue weighted by atomic mass is 9.35. The van der Waals surface area contributed by atoms with Crippen LogP contribution in [0.25, 0.3) is 0 Å². The molecular formula is C17H24O3. The second-order valence-corrected chi connectivity index (χ2v) is 7.72. The van der Waals surface area contributed by atoms with Crippen LogP contribution >= 0.6 is 0 Å². The maximum absolute atomic E-state index is 12.4. The normalized spacial score (nSPS) is 48.2. The summed E-state index contributed by atoms with van der Waals surface area (Å²) in [6.45, 7) is 10.1. The summed E-state index contributed by atoms with van der Waals surface area (Å²) in [5.41, 5.74) is -0.346. The van der Waals surface area contributed by atoms with Crippen molar-refractivity contribution in [2.45, 2.75) is 47.1 Å². The van der Waals surface area contributed by atoms with Crippen molar-refractivity contribution in [2.24, 2.45) is 34.5 Å². The Morgan fingerprint density at radius 1 is 1.25 bits per heavy atom. The topological polar surface area (TPSA) is 43.4 Å². The molecule has 4 bridgehead atoms. The molecule has 0 heterocycles. The molecule has 4 rings (SSSR count). The predicted molar refractivity (Wildman–Crippen MR) is 75.8 cm³/mol. The maximum Gasteiger partial charge on any atom is 0.302 e. The number of ether oxygens (including phenoxy) is 1. The number of allylic oxidation sites excluding steroid dienone is 2. The highest BCUT2D eigenvalue weighted by molar-refractivity contribution is 5.95. The van der Waals surface area contributed by atoms with Gasteiger partial charge in [0.1, 0.15) is 6.10 Å². The van der Waals surface area contributed by atoms with Crippen LogP contribution in [0.2, 0.25) is 0 Å². The van der Waals surface area contributed by atoms with E-state index < -0.39 is 0 Å². The van der Waals surface area contributed by atoms with Gasteiger partial charge in [-0.05, 0) is 35.7 Å². The fraction of sp³-hybridized carbons (Fsp3) is 0.765. The number of hydrogen-bond acceptors (Lipinski definition) is 3. The minimum atomic E-state index is -0.352. The molecule has 3 fully saturated rings. The zero-order valence-electron chi connectivity index (χ0n) is 13.0. The molecule has 0 aromatic carbocycles. The van der Waals surface area contributed by atoms with Gasteiger partial charge in [0.25, 0.3) is 0 Å². The minimum Gasteiger partial charge on any atom is -0.462 e. The molecule has 4 aliphatic rings. The summed E-state index contributed by atoms with van der Waals surface area (Å²) >= 11 is 0. The van der Waals surface area contributed by atoms with Crippen LogP contribution in [0.15, 0.2) is 12.2 Å². The van der Waals surface area contributed by atoms with Gasteiger partial charge in [0.15, 0.2) is 5.78 Å². The first-order valence-corrected chi connectivity index (χ1v) is 7.60. The number of rotatable bonds is 1. The van der Waals surface area contributed by atoms with E-state index in [-0.39, 0.29) is 34.6 Å². The first-order chi connectivity index (χ1) is 9.19. The monoisotopic (exact) mass is 276 g/mol. The third-order valence-corrected chi connectivity index (χ3v) is 6.21. The average Bonchev–Trinajstić information content (AvgIpc) is 2.43. The van der Waals surface area contributed by atoms with Gasteiger partial charge in [0.05, 0.1) is 0 Å². The summed E-state index contributed by atoms with van der Waals surface area (Å²) < 4.78 is 5.61. The highest BCUT2D eigenvalue weighted by atomic mass is 16.5. The summed E-state index contributed by atoms with van der Waals surface area (Å²) in [4.78, 5) is 23.8. The van der Waals surface area contributed by atoms with E-state index >= 15 is 0 Å². The van der Waals surface area contributed by atoms with Crippen molar-refractivity contribution in [1.29, 1.82) is 0 Å². The largest absolute Gasteiger partial charge is 0.462 e. The van der Waals surface area contributed by atoms with E-state index in [1.54, 1.807) is 6.08 Å². The number of carbonyl (C=O) groups is 2. The number of hydrogen-bond donors (Lipinski definition) is 0. The van der Waals surface area contributed by atoms with Crippen LogP contribution in [-0.4, -0.2) is 17.9 Å². The van der Waals surface area contributed by atoms with E-state index in [2.05, 4.69) is 33.8 Å². The average molecular weight is 276 g/mol. The molecule has 4 aliphatic carbocycles. The first kappa shape index (κ1) is 13.8. The molecule has 20 heavy (non-hydrogen) atoms. The number of ketones is 1. The number of fused-ring (bicyclic) bond motifs is 2. The molecule has 0 unspecified atom stereocenters. The van der Waals surface area contributed by atoms with Crippen LogP contribution in [0, 0.1) is 34.5 Å². The van der Waals surface area contributed by atoms with Crippen molar-refractivity contribution < 1.29 is 14.3 Å². The van der Waals surface area contributed by atoms with E-state index in [0.717, 1.165) is 6.42 Å². The van der Waals surface area contributed by atoms with Gasteiger partial charge in [-0.2, -0.15) is 0 Å². The smallest absolute Gasteiger partial charge is 0.302 e. The Bertz CT molecular complexity index is 504. The Labute approximate surface area is 120 Å². The zero-order chi connectivity index (χ0) is 14.9. The van der Waals surface area contributed by atoms with E-state index in [0.29, 0.717) is 17.8 Å². The SMILES string of the molecule is CC(=O)O[C@@H]1C[C@H](C)[C@H]2[C@H]3[C@@H]1[C@]2(C)C=CC(=O)C3(C)C. The molecular weight excluding hydrogens is 252 g/mol. The van der Waals surface area contributed by atoms with Crippen molar-refractivity contribution in [3.8, 4) is 0 Å². The van der Waals surface area contributed by atoms with Gasteiger partial charge in [-0.3, -0.25) is 9.59 Å². The van der Waals surface area contributed by atoms with Gasteiger partial charge in [-0.15, -0.1) is 0 Å². The van der Waals surface area contributed by atoms with Crippen LogP contribution in [0.4, 0.5) is 0 Å². The quantitative estimate of drug-likeness (QED) is 0.691. The Morgan fingerprint density at radius 2 is 1.90 bits per heavy atom. The van der Waals surface area contributed by atoms with E-state index in [4.69, 9.17) is 4.74 Å². The van der Waals surface area contributed by atoms with E-state index in [9.17, 15) is 9.59 Å². The minimum absolute atomic E-state index is 0.00583. The summed E-state index contributed by atoms with van der Waals surface area (Å²) in [6, 6.07) is 0. The van der Waals surface area contributed by atoms with Gasteiger partial charge in [-0.1, -0.05) is 33.8 Å². The molecule has 3 heteroatoms. The van der Waals surface area contributed by atoms with Crippen molar-refractivity contribution in [3.63, 3.8) is 0 Å². The van der Waals surface area contributed by atoms with Gasteiger partial charge >= 0.3 is 5.97 Å². The molecule has 3 saturated carbocycles. The van der Waals surface area contributed by atoms with Crippen molar-refractivity contribution in [1.82, 2.24) is 0 Å². The van der Waals surface area contributed by atoms with Crippen LogP contribution in [0.3, 0.4) is 0 Å². The third-order valence-electron chi connectivity index (χ3n) is 6.21. The fourth-order valence-electron chi connectivity index (χ4n) is 5.45. The summed E-state index contributed by atoms with van der Waals surface area (Å²) in [7, 11) is 0. The Kier molecular flexibility index (Phi) is 2.74. The summed E-state index contributed by atoms with van der Waals surface area (Å²) in [6.07, 6.45) is 4.76. The standard InChI is InChI=1S/C17H24O3/c1-9-8-11(20-10(2)18)14-15-13(9)17(14,5)7-6-12(19)16(15,3)4/h6-7,9,11,13-15H,8H2,1-5H3/t9-,11+,13-,14+,15-,17+/m0/s1. The van der Waals surface area contributed by atoms with Gasteiger partial charge in [-0.25, -0.2) is 0 Å². The number of carbonyl (C=O) groups excluding carboxylic acids is 2. The van der Waals surface area contributed by atoms with Crippen LogP contribution < -0.4 is 0 Å². The maximum atomic E-state index is 12.4. The van der Waals surface area contributed by atoms with Crippen LogP contribution in [0.1, 0.15) is 41.0 Å². The lowest BCUT2D eigenvalue weighted by molar-refractivity contribution is -0.240. The second kappa shape index (κ2) is 3.96. The molecule has 110 valence electrons. The molecule has 0 spiro atoms. The molecule has 0 radical (unpaired) electrons. The lowest BCUT2D eigenvalue weighted by Crippen LogP contribution is -2.68. The molecule has 0 N–H and O–H groups in total. The highest BCUT2D eigenvalue weighted by Gasteiger charge is 2.71. The number of esters is 1. The van der Waals surface area contributed by atoms with Gasteiger partial charge < -0.3 is 4.74 Å². The summed E-state index contributed by atoms with van der Waals surface area (Å²) in [5.74, 6) is 1.62. The molecule has 0 amide bonds. The first-order valence-electron chi connectivity index (χ1n) is 7.60. The molecule has 0 saturated heterocycles. The Morgan fingerprint density at radius 3 is 2.50 bits per heavy atom. The third kappa shape index (κ3) is 1.52. The van der Waals surface area contributed by atoms with E-state index in [1.807, 2.05) is 0 Å². The molecule has 0 aliphatic heterocycles. The molecule has 3 nitrogen and oxygen atoms in total. The van der Waals surface area contributed by atoms with Crippen molar-refractivity contribution in [2.75, 3.05) is 0 Å². The van der Waals surface area contributed by atoms with Crippen molar-refractivity contribution in [3.05, 3.63) is 12.2 Å². The predicted octanol–water partition coefficient (Wildman–Crippen LogP) is 2.99. The molecule has 0 aromatic heterocycles. The summed E-state index contributed by atoms with van der Waals surface area (Å²) in [5, 5.41) is 0. The Balaban J connectivity index is 2.05. The van der Waals surface area contributed by atoms with Crippen molar-refractivity contribution >= 4 is 11.8 Å². The van der Waals surface area contributed by atoms with Crippen LogP contribution in [-0.2, 0) is 14.3 Å². The molecule has 6 atom stereocenters. The second-order valence-electron chi connectivity index (χ2n) is 7.72. The van der Waals surface area contributed by atoms with Crippen LogP contribution in [0.5, 0.6) is 0 Å². The molecule has 0 aromatic rings. The fourth-order valence-corrected chi connectivity index (χ4v) is 5.45.